The number of halogens is 7. The smallest absolute Gasteiger partial charge is 0.204 e. The molecule has 78 valence electrons. The molecule has 1 aromatic carbocycles. The first-order chi connectivity index (χ1) is 6.25. The number of alkyl halides is 3. The van der Waals surface area contributed by atoms with E-state index in [9.17, 15) is 30.7 Å². The van der Waals surface area contributed by atoms with Gasteiger partial charge in [-0.3, -0.25) is 0 Å². The Bertz CT molecular complexity index is 365. The Morgan fingerprint density at radius 3 is 1.71 bits per heavy atom. The average molecular weight is 218 g/mol. The van der Waals surface area contributed by atoms with Gasteiger partial charge in [-0.25, -0.2) is 17.6 Å². The summed E-state index contributed by atoms with van der Waals surface area (Å²) in [5.74, 6) is -9.28. The van der Waals surface area contributed by atoms with E-state index in [1.165, 1.54) is 0 Å². The second kappa shape index (κ2) is 3.14. The summed E-state index contributed by atoms with van der Waals surface area (Å²) in [7, 11) is 0. The van der Waals surface area contributed by atoms with Crippen LogP contribution in [0.2, 0.25) is 0 Å². The van der Waals surface area contributed by atoms with E-state index in [4.69, 9.17) is 0 Å². The molecule has 0 amide bonds. The molecule has 0 unspecified atom stereocenters. The van der Waals surface area contributed by atoms with Crippen LogP contribution in [0.4, 0.5) is 30.7 Å². The molecule has 0 radical (unpaired) electrons. The van der Waals surface area contributed by atoms with Crippen LogP contribution < -0.4 is 0 Å². The maximum Gasteiger partial charge on any atom is 0.419 e. The lowest BCUT2D eigenvalue weighted by atomic mass is 10.2. The first kappa shape index (κ1) is 10.8. The molecule has 0 fully saturated rings. The zero-order chi connectivity index (χ0) is 11.1. The summed E-state index contributed by atoms with van der Waals surface area (Å²) in [5.41, 5.74) is -2.17. The Hall–Kier alpha value is -1.27. The van der Waals surface area contributed by atoms with Gasteiger partial charge in [0, 0.05) is 0 Å². The Kier molecular flexibility index (Phi) is 2.43. The van der Waals surface area contributed by atoms with E-state index in [0.29, 0.717) is 0 Å². The predicted molar refractivity (Wildman–Crippen MR) is 31.3 cm³/mol. The van der Waals surface area contributed by atoms with Gasteiger partial charge in [-0.15, -0.1) is 0 Å². The van der Waals surface area contributed by atoms with Crippen molar-refractivity contribution in [2.75, 3.05) is 0 Å². The highest BCUT2D eigenvalue weighted by molar-refractivity contribution is 5.24. The van der Waals surface area contributed by atoms with E-state index in [2.05, 4.69) is 0 Å². The van der Waals surface area contributed by atoms with Crippen LogP contribution in [-0.2, 0) is 6.18 Å². The van der Waals surface area contributed by atoms with E-state index in [0.717, 1.165) is 0 Å². The van der Waals surface area contributed by atoms with E-state index in [-0.39, 0.29) is 0 Å². The minimum atomic E-state index is -5.26. The standard InChI is InChI=1S/C7HF7/c8-3-1-2(7(12,13)14)4(9)6(11)5(3)10/h1H. The molecular weight excluding hydrogens is 217 g/mol. The molecule has 0 aliphatic rings. The molecule has 0 N–H and O–H groups in total. The van der Waals surface area contributed by atoms with Crippen LogP contribution in [0, 0.1) is 23.3 Å². The Labute approximate surface area is 73.0 Å². The molecular formula is C7HF7. The zero-order valence-electron chi connectivity index (χ0n) is 6.22. The Balaban J connectivity index is 3.49. The predicted octanol–water partition coefficient (Wildman–Crippen LogP) is 3.26. The van der Waals surface area contributed by atoms with Crippen molar-refractivity contribution < 1.29 is 30.7 Å². The molecule has 14 heavy (non-hydrogen) atoms. The van der Waals surface area contributed by atoms with Crippen LogP contribution in [0.3, 0.4) is 0 Å². The van der Waals surface area contributed by atoms with Gasteiger partial charge in [0.15, 0.2) is 23.3 Å². The molecule has 0 aliphatic carbocycles. The Morgan fingerprint density at radius 1 is 0.786 bits per heavy atom. The first-order valence-electron chi connectivity index (χ1n) is 3.15. The van der Waals surface area contributed by atoms with Crippen molar-refractivity contribution in [2.24, 2.45) is 0 Å². The third kappa shape index (κ3) is 1.66. The largest absolute Gasteiger partial charge is 0.419 e. The van der Waals surface area contributed by atoms with Gasteiger partial charge >= 0.3 is 6.18 Å². The van der Waals surface area contributed by atoms with E-state index >= 15 is 0 Å². The van der Waals surface area contributed by atoms with Crippen molar-refractivity contribution in [3.05, 3.63) is 34.9 Å². The van der Waals surface area contributed by atoms with Gasteiger partial charge in [0.2, 0.25) is 0 Å². The highest BCUT2D eigenvalue weighted by Gasteiger charge is 2.37. The third-order valence-corrected chi connectivity index (χ3v) is 1.41. The normalized spacial score (nSPS) is 11.9. The summed E-state index contributed by atoms with van der Waals surface area (Å²) in [6.07, 6.45) is -5.26. The van der Waals surface area contributed by atoms with Crippen molar-refractivity contribution in [2.45, 2.75) is 6.18 Å². The number of hydrogen-bond acceptors (Lipinski definition) is 0. The topological polar surface area (TPSA) is 0 Å². The molecule has 0 heterocycles. The number of rotatable bonds is 0. The molecule has 7 heteroatoms. The fourth-order valence-corrected chi connectivity index (χ4v) is 0.779. The van der Waals surface area contributed by atoms with Gasteiger partial charge in [-0.2, -0.15) is 13.2 Å². The first-order valence-corrected chi connectivity index (χ1v) is 3.15. The number of benzene rings is 1. The van der Waals surface area contributed by atoms with E-state index in [1.54, 1.807) is 0 Å². The monoisotopic (exact) mass is 218 g/mol. The van der Waals surface area contributed by atoms with Gasteiger partial charge < -0.3 is 0 Å². The fraction of sp³-hybridized carbons (Fsp3) is 0.143. The van der Waals surface area contributed by atoms with Gasteiger partial charge in [0.05, 0.1) is 5.56 Å². The van der Waals surface area contributed by atoms with Crippen molar-refractivity contribution in [3.63, 3.8) is 0 Å². The zero-order valence-corrected chi connectivity index (χ0v) is 6.22. The maximum atomic E-state index is 12.4. The average Bonchev–Trinajstić information content (AvgIpc) is 2.06. The second-order valence-corrected chi connectivity index (χ2v) is 2.35. The summed E-state index contributed by atoms with van der Waals surface area (Å²) in [6, 6.07) is -0.437. The quantitative estimate of drug-likeness (QED) is 0.356. The van der Waals surface area contributed by atoms with Crippen LogP contribution in [-0.4, -0.2) is 0 Å². The Morgan fingerprint density at radius 2 is 1.29 bits per heavy atom. The second-order valence-electron chi connectivity index (χ2n) is 2.35. The molecule has 0 atom stereocenters. The molecule has 0 bridgehead atoms. The van der Waals surface area contributed by atoms with Gasteiger partial charge in [0.25, 0.3) is 0 Å². The van der Waals surface area contributed by atoms with E-state index < -0.39 is 41.1 Å². The molecule has 1 aromatic rings. The molecule has 0 saturated heterocycles. The van der Waals surface area contributed by atoms with Gasteiger partial charge in [-0.1, -0.05) is 0 Å². The lowest BCUT2D eigenvalue weighted by Crippen LogP contribution is -2.12. The highest BCUT2D eigenvalue weighted by atomic mass is 19.4. The molecule has 0 saturated carbocycles. The summed E-state index contributed by atoms with van der Waals surface area (Å²) in [5, 5.41) is 0. The van der Waals surface area contributed by atoms with Crippen LogP contribution in [0.5, 0.6) is 0 Å². The van der Waals surface area contributed by atoms with Crippen LogP contribution in [0.25, 0.3) is 0 Å². The van der Waals surface area contributed by atoms with Gasteiger partial charge in [0.1, 0.15) is 0 Å². The summed E-state index contributed by atoms with van der Waals surface area (Å²) >= 11 is 0. The highest BCUT2D eigenvalue weighted by Crippen LogP contribution is 2.33. The minimum absolute atomic E-state index is 0.437. The molecule has 0 nitrogen and oxygen atoms in total. The lowest BCUT2D eigenvalue weighted by Gasteiger charge is -2.08. The minimum Gasteiger partial charge on any atom is -0.204 e. The SMILES string of the molecule is Fc1cc(C(F)(F)F)c(F)c(F)c1F. The summed E-state index contributed by atoms with van der Waals surface area (Å²) < 4.78 is 84.7. The fourth-order valence-electron chi connectivity index (χ4n) is 0.779. The van der Waals surface area contributed by atoms with Crippen molar-refractivity contribution in [1.82, 2.24) is 0 Å². The molecule has 0 spiro atoms. The molecule has 0 aliphatic heterocycles. The van der Waals surface area contributed by atoms with Crippen molar-refractivity contribution in [3.8, 4) is 0 Å². The van der Waals surface area contributed by atoms with Crippen LogP contribution >= 0.6 is 0 Å². The van der Waals surface area contributed by atoms with Crippen LogP contribution in [0.1, 0.15) is 5.56 Å². The number of hydrogen-bond donors (Lipinski definition) is 0. The lowest BCUT2D eigenvalue weighted by molar-refractivity contribution is -0.140. The maximum absolute atomic E-state index is 12.4. The van der Waals surface area contributed by atoms with Crippen molar-refractivity contribution in [1.29, 1.82) is 0 Å². The van der Waals surface area contributed by atoms with Gasteiger partial charge in [-0.05, 0) is 6.07 Å². The van der Waals surface area contributed by atoms with Crippen LogP contribution in [0.15, 0.2) is 6.07 Å². The third-order valence-electron chi connectivity index (χ3n) is 1.41. The summed E-state index contributed by atoms with van der Waals surface area (Å²) in [4.78, 5) is 0. The molecule has 1 rings (SSSR count). The van der Waals surface area contributed by atoms with E-state index in [1.807, 2.05) is 0 Å². The van der Waals surface area contributed by atoms with Crippen molar-refractivity contribution >= 4 is 0 Å². The summed E-state index contributed by atoms with van der Waals surface area (Å²) in [6.45, 7) is 0. The molecule has 0 aromatic heterocycles.